The number of halogens is 1. The number of benzene rings is 1. The summed E-state index contributed by atoms with van der Waals surface area (Å²) in [6.07, 6.45) is 0.810. The van der Waals surface area contributed by atoms with Gasteiger partial charge in [0.15, 0.2) is 6.61 Å². The second kappa shape index (κ2) is 7.14. The SMILES string of the molecule is CC(C)(C)CC(C)(C)NC(=O)COC(=O)c1ccccc1Cl. The van der Waals surface area contributed by atoms with E-state index in [1.54, 1.807) is 24.3 Å². The van der Waals surface area contributed by atoms with E-state index in [9.17, 15) is 9.59 Å². The van der Waals surface area contributed by atoms with E-state index in [0.717, 1.165) is 6.42 Å². The zero-order chi connectivity index (χ0) is 17.0. The molecule has 0 atom stereocenters. The third kappa shape index (κ3) is 6.48. The molecule has 0 fully saturated rings. The van der Waals surface area contributed by atoms with Crippen LogP contribution in [0.4, 0.5) is 0 Å². The summed E-state index contributed by atoms with van der Waals surface area (Å²) in [6.45, 7) is 9.91. The minimum atomic E-state index is -0.602. The lowest BCUT2D eigenvalue weighted by atomic mass is 9.82. The van der Waals surface area contributed by atoms with Crippen molar-refractivity contribution in [2.45, 2.75) is 46.6 Å². The minimum Gasteiger partial charge on any atom is -0.452 e. The lowest BCUT2D eigenvalue weighted by molar-refractivity contribution is -0.126. The molecule has 0 bridgehead atoms. The zero-order valence-electron chi connectivity index (χ0n) is 13.8. The van der Waals surface area contributed by atoms with Gasteiger partial charge in [-0.2, -0.15) is 0 Å². The molecule has 1 rings (SSSR count). The Morgan fingerprint density at radius 1 is 1.14 bits per heavy atom. The van der Waals surface area contributed by atoms with Gasteiger partial charge in [0.05, 0.1) is 10.6 Å². The molecule has 0 radical (unpaired) electrons. The van der Waals surface area contributed by atoms with E-state index in [0.29, 0.717) is 5.02 Å². The summed E-state index contributed by atoms with van der Waals surface area (Å²) in [5, 5.41) is 3.19. The molecule has 0 saturated heterocycles. The van der Waals surface area contributed by atoms with Crippen molar-refractivity contribution < 1.29 is 14.3 Å². The van der Waals surface area contributed by atoms with E-state index in [2.05, 4.69) is 26.1 Å². The maximum atomic E-state index is 11.9. The Kier molecular flexibility index (Phi) is 6.00. The fourth-order valence-corrected chi connectivity index (χ4v) is 2.83. The van der Waals surface area contributed by atoms with Gasteiger partial charge in [-0.25, -0.2) is 4.79 Å². The van der Waals surface area contributed by atoms with Crippen molar-refractivity contribution >= 4 is 23.5 Å². The van der Waals surface area contributed by atoms with E-state index in [-0.39, 0.29) is 29.0 Å². The van der Waals surface area contributed by atoms with Crippen LogP contribution in [0.3, 0.4) is 0 Å². The van der Waals surface area contributed by atoms with Gasteiger partial charge in [-0.1, -0.05) is 44.5 Å². The molecule has 0 aliphatic carbocycles. The number of nitrogens with one attached hydrogen (secondary N) is 1. The number of hydrogen-bond acceptors (Lipinski definition) is 3. The average Bonchev–Trinajstić information content (AvgIpc) is 2.32. The van der Waals surface area contributed by atoms with Gasteiger partial charge in [-0.3, -0.25) is 4.79 Å². The molecule has 22 heavy (non-hydrogen) atoms. The van der Waals surface area contributed by atoms with Gasteiger partial charge in [0.2, 0.25) is 0 Å². The number of hydrogen-bond donors (Lipinski definition) is 1. The number of rotatable bonds is 5. The highest BCUT2D eigenvalue weighted by Gasteiger charge is 2.27. The van der Waals surface area contributed by atoms with Crippen LogP contribution in [-0.2, 0) is 9.53 Å². The van der Waals surface area contributed by atoms with Crippen LogP contribution in [0, 0.1) is 5.41 Å². The highest BCUT2D eigenvalue weighted by molar-refractivity contribution is 6.33. The van der Waals surface area contributed by atoms with Crippen molar-refractivity contribution in [1.82, 2.24) is 5.32 Å². The van der Waals surface area contributed by atoms with E-state index in [1.807, 2.05) is 13.8 Å². The summed E-state index contributed by atoms with van der Waals surface area (Å²) in [6, 6.07) is 6.58. The first kappa shape index (κ1) is 18.5. The van der Waals surface area contributed by atoms with E-state index >= 15 is 0 Å². The van der Waals surface area contributed by atoms with Crippen molar-refractivity contribution in [2.75, 3.05) is 6.61 Å². The second-order valence-corrected chi connectivity index (χ2v) is 7.63. The van der Waals surface area contributed by atoms with Gasteiger partial charge in [0.25, 0.3) is 5.91 Å². The highest BCUT2D eigenvalue weighted by atomic mass is 35.5. The van der Waals surface area contributed by atoms with Crippen LogP contribution in [0.25, 0.3) is 0 Å². The van der Waals surface area contributed by atoms with Crippen molar-refractivity contribution in [3.05, 3.63) is 34.9 Å². The smallest absolute Gasteiger partial charge is 0.340 e. The van der Waals surface area contributed by atoms with Crippen LogP contribution in [-0.4, -0.2) is 24.0 Å². The molecule has 122 valence electrons. The van der Waals surface area contributed by atoms with E-state index < -0.39 is 5.97 Å². The van der Waals surface area contributed by atoms with Crippen LogP contribution < -0.4 is 5.32 Å². The fourth-order valence-electron chi connectivity index (χ4n) is 2.62. The molecule has 0 saturated carbocycles. The summed E-state index contributed by atoms with van der Waals surface area (Å²) in [5.74, 6) is -0.927. The normalized spacial score (nSPS) is 11.9. The quantitative estimate of drug-likeness (QED) is 0.837. The standard InChI is InChI=1S/C17H24ClNO3/c1-16(2,3)11-17(4,5)19-14(20)10-22-15(21)12-8-6-7-9-13(12)18/h6-9H,10-11H2,1-5H3,(H,19,20). The Labute approximate surface area is 137 Å². The maximum absolute atomic E-state index is 11.9. The van der Waals surface area contributed by atoms with Crippen molar-refractivity contribution in [2.24, 2.45) is 5.41 Å². The molecule has 1 amide bonds. The Morgan fingerprint density at radius 2 is 1.73 bits per heavy atom. The molecule has 0 aliphatic rings. The molecule has 1 aromatic carbocycles. The predicted octanol–water partition coefficient (Wildman–Crippen LogP) is 3.83. The first-order chi connectivity index (χ1) is 10.0. The highest BCUT2D eigenvalue weighted by Crippen LogP contribution is 2.26. The molecule has 0 heterocycles. The lowest BCUT2D eigenvalue weighted by Crippen LogP contribution is -2.47. The maximum Gasteiger partial charge on any atom is 0.340 e. The van der Waals surface area contributed by atoms with Gasteiger partial charge < -0.3 is 10.1 Å². The van der Waals surface area contributed by atoms with Crippen molar-refractivity contribution in [1.29, 1.82) is 0 Å². The summed E-state index contributed by atoms with van der Waals surface area (Å²) in [5.41, 5.74) is -0.0251. The molecule has 1 aromatic rings. The van der Waals surface area contributed by atoms with E-state index in [4.69, 9.17) is 16.3 Å². The molecular weight excluding hydrogens is 302 g/mol. The Morgan fingerprint density at radius 3 is 2.27 bits per heavy atom. The van der Waals surface area contributed by atoms with Crippen LogP contribution in [0.2, 0.25) is 5.02 Å². The summed E-state index contributed by atoms with van der Waals surface area (Å²) in [7, 11) is 0. The van der Waals surface area contributed by atoms with Crippen LogP contribution in [0.15, 0.2) is 24.3 Å². The fraction of sp³-hybridized carbons (Fsp3) is 0.529. The number of carbonyl (C=O) groups excluding carboxylic acids is 2. The second-order valence-electron chi connectivity index (χ2n) is 7.23. The zero-order valence-corrected chi connectivity index (χ0v) is 14.6. The van der Waals surface area contributed by atoms with Crippen LogP contribution >= 0.6 is 11.6 Å². The van der Waals surface area contributed by atoms with E-state index in [1.165, 1.54) is 0 Å². The first-order valence-corrected chi connectivity index (χ1v) is 7.61. The van der Waals surface area contributed by atoms with Crippen LogP contribution in [0.1, 0.15) is 51.4 Å². The lowest BCUT2D eigenvalue weighted by Gasteiger charge is -2.33. The minimum absolute atomic E-state index is 0.0883. The first-order valence-electron chi connectivity index (χ1n) is 7.23. The van der Waals surface area contributed by atoms with Gasteiger partial charge in [0.1, 0.15) is 0 Å². The molecule has 0 unspecified atom stereocenters. The number of amides is 1. The number of carbonyl (C=O) groups is 2. The van der Waals surface area contributed by atoms with Crippen molar-refractivity contribution in [3.63, 3.8) is 0 Å². The van der Waals surface area contributed by atoms with Gasteiger partial charge in [0, 0.05) is 5.54 Å². The summed E-state index contributed by atoms with van der Waals surface area (Å²) >= 11 is 5.91. The number of ether oxygens (including phenoxy) is 1. The van der Waals surface area contributed by atoms with Gasteiger partial charge in [-0.15, -0.1) is 0 Å². The van der Waals surface area contributed by atoms with Crippen LogP contribution in [0.5, 0.6) is 0 Å². The van der Waals surface area contributed by atoms with Gasteiger partial charge >= 0.3 is 5.97 Å². The Hall–Kier alpha value is -1.55. The average molecular weight is 326 g/mol. The molecule has 0 aliphatic heterocycles. The third-order valence-electron chi connectivity index (χ3n) is 2.88. The molecular formula is C17H24ClNO3. The summed E-state index contributed by atoms with van der Waals surface area (Å²) in [4.78, 5) is 23.8. The molecule has 0 spiro atoms. The molecule has 0 aromatic heterocycles. The largest absolute Gasteiger partial charge is 0.452 e. The molecule has 5 heteroatoms. The Balaban J connectivity index is 2.53. The molecule has 4 nitrogen and oxygen atoms in total. The Bertz CT molecular complexity index is 547. The van der Waals surface area contributed by atoms with Crippen molar-refractivity contribution in [3.8, 4) is 0 Å². The topological polar surface area (TPSA) is 55.4 Å². The molecule has 1 N–H and O–H groups in total. The predicted molar refractivity (Wildman–Crippen MR) is 88.0 cm³/mol. The monoisotopic (exact) mass is 325 g/mol. The summed E-state index contributed by atoms with van der Waals surface area (Å²) < 4.78 is 5.01. The number of esters is 1. The van der Waals surface area contributed by atoms with Gasteiger partial charge in [-0.05, 0) is 37.8 Å². The third-order valence-corrected chi connectivity index (χ3v) is 3.21.